The first-order valence-corrected chi connectivity index (χ1v) is 8.77. The number of Topliss-reactive ketones (excluding diaryl/α,β-unsaturated/α-hetero) is 1. The average molecular weight is 346 g/mol. The molecule has 26 heavy (non-hydrogen) atoms. The van der Waals surface area contributed by atoms with Crippen LogP contribution in [0.4, 0.5) is 4.39 Å². The van der Waals surface area contributed by atoms with E-state index in [1.807, 2.05) is 48.5 Å². The fraction of sp³-hybridized carbons (Fsp3) is 0.174. The van der Waals surface area contributed by atoms with Gasteiger partial charge in [-0.15, -0.1) is 0 Å². The van der Waals surface area contributed by atoms with Crippen LogP contribution < -0.4 is 0 Å². The standard InChI is InChI=1S/C23H19FO2/c24-17-11-12-18-20(13-17)21(25)14-19(15-7-3-1-4-8-15)22(18)23(26)16-9-5-2-6-10-16/h1-13,19,21-22,25H,14H2/t19-,21+,22+/m0/s1. The molecule has 0 saturated heterocycles. The first-order chi connectivity index (χ1) is 12.6. The van der Waals surface area contributed by atoms with Gasteiger partial charge in [-0.25, -0.2) is 4.39 Å². The summed E-state index contributed by atoms with van der Waals surface area (Å²) in [7, 11) is 0. The number of aliphatic hydroxyl groups excluding tert-OH is 1. The summed E-state index contributed by atoms with van der Waals surface area (Å²) in [6.45, 7) is 0. The first kappa shape index (κ1) is 16.7. The van der Waals surface area contributed by atoms with Crippen LogP contribution in [0, 0.1) is 5.82 Å². The fourth-order valence-corrected chi connectivity index (χ4v) is 3.97. The molecule has 0 bridgehead atoms. The zero-order valence-corrected chi connectivity index (χ0v) is 14.2. The zero-order valence-electron chi connectivity index (χ0n) is 14.2. The van der Waals surface area contributed by atoms with Crippen LogP contribution in [0.3, 0.4) is 0 Å². The minimum atomic E-state index is -0.786. The third-order valence-electron chi connectivity index (χ3n) is 5.19. The molecule has 0 aromatic heterocycles. The Balaban J connectivity index is 1.87. The highest BCUT2D eigenvalue weighted by Crippen LogP contribution is 2.48. The van der Waals surface area contributed by atoms with E-state index in [1.165, 1.54) is 12.1 Å². The van der Waals surface area contributed by atoms with E-state index in [0.717, 1.165) is 5.56 Å². The van der Waals surface area contributed by atoms with Crippen LogP contribution in [-0.4, -0.2) is 10.9 Å². The van der Waals surface area contributed by atoms with Gasteiger partial charge in [0.25, 0.3) is 0 Å². The molecule has 0 saturated carbocycles. The predicted octanol–water partition coefficient (Wildman–Crippen LogP) is 5.01. The average Bonchev–Trinajstić information content (AvgIpc) is 2.69. The SMILES string of the molecule is O=C(c1ccccc1)[C@@H]1c2ccc(F)cc2[C@H](O)C[C@H]1c1ccccc1. The van der Waals surface area contributed by atoms with E-state index >= 15 is 0 Å². The normalized spacial score (nSPS) is 21.8. The molecule has 3 aromatic rings. The van der Waals surface area contributed by atoms with Crippen molar-refractivity contribution in [3.8, 4) is 0 Å². The van der Waals surface area contributed by atoms with Crippen molar-refractivity contribution < 1.29 is 14.3 Å². The van der Waals surface area contributed by atoms with E-state index in [0.29, 0.717) is 23.1 Å². The largest absolute Gasteiger partial charge is 0.388 e. The Hall–Kier alpha value is -2.78. The number of hydrogen-bond acceptors (Lipinski definition) is 2. The Labute approximate surface area is 151 Å². The van der Waals surface area contributed by atoms with Gasteiger partial charge in [0.1, 0.15) is 5.82 Å². The van der Waals surface area contributed by atoms with E-state index in [-0.39, 0.29) is 11.7 Å². The summed E-state index contributed by atoms with van der Waals surface area (Å²) in [5.74, 6) is -0.998. The van der Waals surface area contributed by atoms with Gasteiger partial charge in [0.05, 0.1) is 12.0 Å². The molecule has 0 amide bonds. The Morgan fingerprint density at radius 2 is 1.54 bits per heavy atom. The molecule has 130 valence electrons. The maximum absolute atomic E-state index is 13.7. The quantitative estimate of drug-likeness (QED) is 0.677. The van der Waals surface area contributed by atoms with E-state index in [4.69, 9.17) is 0 Å². The van der Waals surface area contributed by atoms with Crippen LogP contribution in [0.5, 0.6) is 0 Å². The predicted molar refractivity (Wildman–Crippen MR) is 98.7 cm³/mol. The highest BCUT2D eigenvalue weighted by molar-refractivity contribution is 6.02. The van der Waals surface area contributed by atoms with Crippen LogP contribution >= 0.6 is 0 Å². The molecular weight excluding hydrogens is 327 g/mol. The molecule has 0 spiro atoms. The van der Waals surface area contributed by atoms with E-state index in [9.17, 15) is 14.3 Å². The molecule has 3 aromatic carbocycles. The van der Waals surface area contributed by atoms with Crippen molar-refractivity contribution in [2.75, 3.05) is 0 Å². The number of benzene rings is 3. The molecule has 1 aliphatic carbocycles. The van der Waals surface area contributed by atoms with Gasteiger partial charge in [-0.1, -0.05) is 66.7 Å². The van der Waals surface area contributed by atoms with Crippen LogP contribution in [0.1, 0.15) is 51.4 Å². The van der Waals surface area contributed by atoms with Crippen LogP contribution in [0.15, 0.2) is 78.9 Å². The highest BCUT2D eigenvalue weighted by Gasteiger charge is 2.39. The molecule has 0 aliphatic heterocycles. The number of halogens is 1. The van der Waals surface area contributed by atoms with Crippen LogP contribution in [0.2, 0.25) is 0 Å². The van der Waals surface area contributed by atoms with Crippen molar-refractivity contribution in [1.82, 2.24) is 0 Å². The van der Waals surface area contributed by atoms with Crippen molar-refractivity contribution in [2.45, 2.75) is 24.4 Å². The second-order valence-corrected chi connectivity index (χ2v) is 6.75. The first-order valence-electron chi connectivity index (χ1n) is 8.77. The maximum Gasteiger partial charge on any atom is 0.170 e. The van der Waals surface area contributed by atoms with E-state index in [2.05, 4.69) is 0 Å². The number of fused-ring (bicyclic) bond motifs is 1. The minimum Gasteiger partial charge on any atom is -0.388 e. The Kier molecular flexibility index (Phi) is 4.39. The molecule has 3 atom stereocenters. The molecule has 1 aliphatic rings. The van der Waals surface area contributed by atoms with Gasteiger partial charge in [0.2, 0.25) is 0 Å². The van der Waals surface area contributed by atoms with Crippen LogP contribution in [-0.2, 0) is 0 Å². The van der Waals surface area contributed by atoms with Crippen molar-refractivity contribution >= 4 is 5.78 Å². The van der Waals surface area contributed by atoms with Crippen molar-refractivity contribution in [3.63, 3.8) is 0 Å². The summed E-state index contributed by atoms with van der Waals surface area (Å²) in [5.41, 5.74) is 2.88. The van der Waals surface area contributed by atoms with Gasteiger partial charge in [-0.05, 0) is 35.2 Å². The summed E-state index contributed by atoms with van der Waals surface area (Å²) >= 11 is 0. The van der Waals surface area contributed by atoms with Gasteiger partial charge < -0.3 is 5.11 Å². The summed E-state index contributed by atoms with van der Waals surface area (Å²) in [5, 5.41) is 10.6. The molecule has 4 rings (SSSR count). The second kappa shape index (κ2) is 6.85. The Morgan fingerprint density at radius 3 is 2.23 bits per heavy atom. The molecule has 0 radical (unpaired) electrons. The van der Waals surface area contributed by atoms with Gasteiger partial charge in [0, 0.05) is 11.5 Å². The number of ketones is 1. The Bertz CT molecular complexity index is 921. The maximum atomic E-state index is 13.7. The van der Waals surface area contributed by atoms with Gasteiger partial charge in [-0.2, -0.15) is 0 Å². The van der Waals surface area contributed by atoms with Gasteiger partial charge >= 0.3 is 0 Å². The third kappa shape index (κ3) is 2.95. The lowest BCUT2D eigenvalue weighted by molar-refractivity contribution is 0.0892. The van der Waals surface area contributed by atoms with E-state index in [1.54, 1.807) is 18.2 Å². The number of aliphatic hydroxyl groups is 1. The lowest BCUT2D eigenvalue weighted by atomic mass is 9.68. The summed E-state index contributed by atoms with van der Waals surface area (Å²) in [4.78, 5) is 13.4. The molecule has 0 unspecified atom stereocenters. The smallest absolute Gasteiger partial charge is 0.170 e. The third-order valence-corrected chi connectivity index (χ3v) is 5.19. The molecule has 2 nitrogen and oxygen atoms in total. The van der Waals surface area contributed by atoms with Crippen LogP contribution in [0.25, 0.3) is 0 Å². The zero-order chi connectivity index (χ0) is 18.1. The summed E-state index contributed by atoms with van der Waals surface area (Å²) in [6.07, 6.45) is -0.394. The number of carbonyl (C=O) groups excluding carboxylic acids is 1. The molecule has 1 N–H and O–H groups in total. The molecule has 3 heteroatoms. The summed E-state index contributed by atoms with van der Waals surface area (Å²) < 4.78 is 13.7. The second-order valence-electron chi connectivity index (χ2n) is 6.75. The molecule has 0 fully saturated rings. The van der Waals surface area contributed by atoms with E-state index < -0.39 is 17.8 Å². The topological polar surface area (TPSA) is 37.3 Å². The number of carbonyl (C=O) groups is 1. The lowest BCUT2D eigenvalue weighted by Gasteiger charge is -2.36. The van der Waals surface area contributed by atoms with Gasteiger partial charge in [0.15, 0.2) is 5.78 Å². The fourth-order valence-electron chi connectivity index (χ4n) is 3.97. The monoisotopic (exact) mass is 346 g/mol. The van der Waals surface area contributed by atoms with Crippen molar-refractivity contribution in [2.24, 2.45) is 0 Å². The lowest BCUT2D eigenvalue weighted by Crippen LogP contribution is -2.28. The number of rotatable bonds is 3. The van der Waals surface area contributed by atoms with Crippen molar-refractivity contribution in [3.05, 3.63) is 107 Å². The molecular formula is C23H19FO2. The highest BCUT2D eigenvalue weighted by atomic mass is 19.1. The molecule has 0 heterocycles. The summed E-state index contributed by atoms with van der Waals surface area (Å²) in [6, 6.07) is 23.3. The number of hydrogen-bond donors (Lipinski definition) is 1. The van der Waals surface area contributed by atoms with Gasteiger partial charge in [-0.3, -0.25) is 4.79 Å². The Morgan fingerprint density at radius 1 is 0.885 bits per heavy atom. The minimum absolute atomic E-state index is 0.000730. The van der Waals surface area contributed by atoms with Crippen molar-refractivity contribution in [1.29, 1.82) is 0 Å².